The first kappa shape index (κ1) is 14.8. The molecule has 0 heterocycles. The molecule has 1 heteroatoms. The number of benzene rings is 2. The van der Waals surface area contributed by atoms with E-state index in [9.17, 15) is 0 Å². The highest BCUT2D eigenvalue weighted by molar-refractivity contribution is 9.09. The monoisotopic (exact) mass is 342 g/mol. The van der Waals surface area contributed by atoms with Gasteiger partial charge in [-0.05, 0) is 40.5 Å². The van der Waals surface area contributed by atoms with Crippen LogP contribution in [0, 0.1) is 0 Å². The highest BCUT2D eigenvalue weighted by Gasteiger charge is 2.32. The highest BCUT2D eigenvalue weighted by atomic mass is 79.9. The molecule has 0 spiro atoms. The van der Waals surface area contributed by atoms with Gasteiger partial charge in [-0.25, -0.2) is 0 Å². The summed E-state index contributed by atoms with van der Waals surface area (Å²) in [6.45, 7) is 6.89. The van der Waals surface area contributed by atoms with Crippen LogP contribution in [0.25, 0.3) is 0 Å². The highest BCUT2D eigenvalue weighted by Crippen LogP contribution is 2.47. The molecule has 2 aromatic carbocycles. The van der Waals surface area contributed by atoms with Crippen LogP contribution in [0.1, 0.15) is 60.2 Å². The van der Waals surface area contributed by atoms with Crippen LogP contribution in [0.2, 0.25) is 0 Å². The predicted octanol–water partition coefficient (Wildman–Crippen LogP) is 6.15. The van der Waals surface area contributed by atoms with Crippen LogP contribution < -0.4 is 0 Å². The molecule has 0 aromatic heterocycles. The fourth-order valence-electron chi connectivity index (χ4n) is 3.11. The van der Waals surface area contributed by atoms with E-state index in [1.54, 1.807) is 0 Å². The lowest BCUT2D eigenvalue weighted by Gasteiger charge is -2.34. The van der Waals surface area contributed by atoms with Gasteiger partial charge < -0.3 is 0 Å². The maximum absolute atomic E-state index is 3.92. The molecule has 0 N–H and O–H groups in total. The van der Waals surface area contributed by atoms with Crippen molar-refractivity contribution in [1.82, 2.24) is 0 Å². The van der Waals surface area contributed by atoms with E-state index in [1.807, 2.05) is 0 Å². The van der Waals surface area contributed by atoms with Crippen molar-refractivity contribution in [3.8, 4) is 0 Å². The summed E-state index contributed by atoms with van der Waals surface area (Å²) in [5.41, 5.74) is 6.12. The van der Waals surface area contributed by atoms with E-state index in [0.29, 0.717) is 10.7 Å². The second kappa shape index (κ2) is 5.61. The first-order valence-electron chi connectivity index (χ1n) is 7.85. The Morgan fingerprint density at radius 3 is 2.38 bits per heavy atom. The molecule has 21 heavy (non-hydrogen) atoms. The summed E-state index contributed by atoms with van der Waals surface area (Å²) in [5.74, 6) is 0.617. The maximum atomic E-state index is 3.92. The molecule has 0 saturated heterocycles. The number of alkyl halides is 1. The van der Waals surface area contributed by atoms with Gasteiger partial charge in [0.1, 0.15) is 0 Å². The number of halogens is 1. The topological polar surface area (TPSA) is 0 Å². The van der Waals surface area contributed by atoms with Crippen LogP contribution in [-0.2, 0) is 11.8 Å². The Kier molecular flexibility index (Phi) is 3.96. The second-order valence-electron chi connectivity index (χ2n) is 6.77. The maximum Gasteiger partial charge on any atom is 0.0467 e. The molecular formula is C20H23Br. The van der Waals surface area contributed by atoms with Crippen LogP contribution in [0.4, 0.5) is 0 Å². The summed E-state index contributed by atoms with van der Waals surface area (Å²) in [7, 11) is 0. The van der Waals surface area contributed by atoms with Crippen molar-refractivity contribution >= 4 is 15.9 Å². The number of hydrogen-bond donors (Lipinski definition) is 0. The summed E-state index contributed by atoms with van der Waals surface area (Å²) in [4.78, 5) is 0.422. The minimum Gasteiger partial charge on any atom is -0.0832 e. The van der Waals surface area contributed by atoms with Crippen LogP contribution in [0.15, 0.2) is 48.5 Å². The van der Waals surface area contributed by atoms with E-state index >= 15 is 0 Å². The summed E-state index contributed by atoms with van der Waals surface area (Å²) in [5, 5.41) is 0. The largest absolute Gasteiger partial charge is 0.0832 e. The normalized spacial score (nSPS) is 18.8. The van der Waals surface area contributed by atoms with Crippen molar-refractivity contribution in [1.29, 1.82) is 0 Å². The lowest BCUT2D eigenvalue weighted by Crippen LogP contribution is -2.21. The minimum atomic E-state index is 0.267. The number of hydrogen-bond acceptors (Lipinski definition) is 0. The summed E-state index contributed by atoms with van der Waals surface area (Å²) in [6.07, 6.45) is 2.36. The standard InChI is InChI=1S/C20H23Br/c1-4-20(2,3)16-11-9-14(10-12-16)19(21)18-13-15-7-5-6-8-17(15)18/h5-12,18-19H,4,13H2,1-3H3. The molecule has 1 aliphatic carbocycles. The zero-order valence-electron chi connectivity index (χ0n) is 13.1. The summed E-state index contributed by atoms with van der Waals surface area (Å²) >= 11 is 3.92. The van der Waals surface area contributed by atoms with Gasteiger partial charge in [-0.1, -0.05) is 85.2 Å². The molecule has 1 aliphatic rings. The molecule has 0 nitrogen and oxygen atoms in total. The average molecular weight is 343 g/mol. The van der Waals surface area contributed by atoms with E-state index in [2.05, 4.69) is 85.2 Å². The zero-order chi connectivity index (χ0) is 15.0. The van der Waals surface area contributed by atoms with Gasteiger partial charge in [0.05, 0.1) is 0 Å². The van der Waals surface area contributed by atoms with Crippen molar-refractivity contribution < 1.29 is 0 Å². The van der Waals surface area contributed by atoms with Gasteiger partial charge in [-0.15, -0.1) is 0 Å². The van der Waals surface area contributed by atoms with E-state index < -0.39 is 0 Å². The third-order valence-corrected chi connectivity index (χ3v) is 6.31. The van der Waals surface area contributed by atoms with Crippen LogP contribution in [0.3, 0.4) is 0 Å². The van der Waals surface area contributed by atoms with E-state index in [-0.39, 0.29) is 5.41 Å². The molecule has 3 rings (SSSR count). The third kappa shape index (κ3) is 2.68. The van der Waals surface area contributed by atoms with Crippen LogP contribution >= 0.6 is 15.9 Å². The molecule has 2 aromatic rings. The van der Waals surface area contributed by atoms with Gasteiger partial charge in [0.2, 0.25) is 0 Å². The van der Waals surface area contributed by atoms with Crippen molar-refractivity contribution in [2.24, 2.45) is 0 Å². The van der Waals surface area contributed by atoms with Crippen LogP contribution in [0.5, 0.6) is 0 Å². The number of fused-ring (bicyclic) bond motifs is 1. The average Bonchev–Trinajstić information content (AvgIpc) is 2.48. The Balaban J connectivity index is 1.79. The van der Waals surface area contributed by atoms with E-state index in [4.69, 9.17) is 0 Å². The third-order valence-electron chi connectivity index (χ3n) is 5.14. The van der Waals surface area contributed by atoms with Crippen molar-refractivity contribution in [2.45, 2.75) is 49.8 Å². The SMILES string of the molecule is CCC(C)(C)c1ccc(C(Br)C2Cc3ccccc32)cc1. The van der Waals surface area contributed by atoms with Gasteiger partial charge >= 0.3 is 0 Å². The lowest BCUT2D eigenvalue weighted by atomic mass is 9.74. The molecule has 0 aliphatic heterocycles. The molecule has 0 bridgehead atoms. The fraction of sp³-hybridized carbons (Fsp3) is 0.400. The molecule has 0 fully saturated rings. The van der Waals surface area contributed by atoms with E-state index in [0.717, 1.165) is 0 Å². The minimum absolute atomic E-state index is 0.267. The van der Waals surface area contributed by atoms with Gasteiger partial charge in [0, 0.05) is 10.7 Å². The van der Waals surface area contributed by atoms with Gasteiger partial charge in [-0.2, -0.15) is 0 Å². The predicted molar refractivity (Wildman–Crippen MR) is 94.3 cm³/mol. The molecule has 0 radical (unpaired) electrons. The molecule has 2 unspecified atom stereocenters. The molecule has 110 valence electrons. The first-order chi connectivity index (χ1) is 10.0. The molecule has 0 saturated carbocycles. The smallest absolute Gasteiger partial charge is 0.0467 e. The number of rotatable bonds is 4. The van der Waals surface area contributed by atoms with Crippen molar-refractivity contribution in [3.05, 3.63) is 70.8 Å². The zero-order valence-corrected chi connectivity index (χ0v) is 14.7. The molecule has 2 atom stereocenters. The first-order valence-corrected chi connectivity index (χ1v) is 8.77. The van der Waals surface area contributed by atoms with Crippen molar-refractivity contribution in [2.75, 3.05) is 0 Å². The lowest BCUT2D eigenvalue weighted by molar-refractivity contribution is 0.506. The molecular weight excluding hydrogens is 320 g/mol. The quantitative estimate of drug-likeness (QED) is 0.584. The fourth-order valence-corrected chi connectivity index (χ4v) is 3.89. The Morgan fingerprint density at radius 1 is 1.10 bits per heavy atom. The van der Waals surface area contributed by atoms with Crippen LogP contribution in [-0.4, -0.2) is 0 Å². The van der Waals surface area contributed by atoms with Gasteiger partial charge in [0.25, 0.3) is 0 Å². The Hall–Kier alpha value is -1.08. The Bertz CT molecular complexity index is 625. The second-order valence-corrected chi connectivity index (χ2v) is 7.76. The van der Waals surface area contributed by atoms with Gasteiger partial charge in [0.15, 0.2) is 0 Å². The Morgan fingerprint density at radius 2 is 1.76 bits per heavy atom. The van der Waals surface area contributed by atoms with E-state index in [1.165, 1.54) is 35.1 Å². The van der Waals surface area contributed by atoms with Gasteiger partial charge in [-0.3, -0.25) is 0 Å². The Labute approximate surface area is 136 Å². The molecule has 0 amide bonds. The summed E-state index contributed by atoms with van der Waals surface area (Å²) < 4.78 is 0. The summed E-state index contributed by atoms with van der Waals surface area (Å²) in [6, 6.07) is 18.0. The van der Waals surface area contributed by atoms with Crippen molar-refractivity contribution in [3.63, 3.8) is 0 Å².